The Morgan fingerprint density at radius 1 is 1.19 bits per heavy atom. The topological polar surface area (TPSA) is 50.3 Å². The van der Waals surface area contributed by atoms with Crippen molar-refractivity contribution in [3.63, 3.8) is 0 Å². The molecule has 0 saturated carbocycles. The molecule has 2 aromatic heterocycles. The second-order valence-corrected chi connectivity index (χ2v) is 4.63. The Kier molecular flexibility index (Phi) is 3.57. The zero-order chi connectivity index (χ0) is 14.7. The maximum atomic E-state index is 9.07. The van der Waals surface area contributed by atoms with Crippen LogP contribution in [0, 0.1) is 11.3 Å². The van der Waals surface area contributed by atoms with Gasteiger partial charge in [-0.15, -0.1) is 0 Å². The highest BCUT2D eigenvalue weighted by Crippen LogP contribution is 2.26. The third-order valence-electron chi connectivity index (χ3n) is 3.31. The van der Waals surface area contributed by atoms with E-state index in [-0.39, 0.29) is 0 Å². The summed E-state index contributed by atoms with van der Waals surface area (Å²) in [5.41, 5.74) is 3.61. The van der Waals surface area contributed by atoms with E-state index in [4.69, 9.17) is 10.00 Å². The van der Waals surface area contributed by atoms with Gasteiger partial charge in [0.05, 0.1) is 30.5 Å². The molecule has 0 saturated heterocycles. The molecule has 4 heteroatoms. The van der Waals surface area contributed by atoms with Gasteiger partial charge in [-0.05, 0) is 43.3 Å². The maximum absolute atomic E-state index is 9.07. The molecular weight excluding hydrogens is 262 g/mol. The van der Waals surface area contributed by atoms with Crippen molar-refractivity contribution >= 4 is 5.65 Å². The van der Waals surface area contributed by atoms with Crippen molar-refractivity contribution < 1.29 is 4.74 Å². The van der Waals surface area contributed by atoms with Crippen molar-refractivity contribution in [1.29, 1.82) is 5.26 Å². The van der Waals surface area contributed by atoms with E-state index in [0.717, 1.165) is 28.3 Å². The van der Waals surface area contributed by atoms with Gasteiger partial charge in [-0.25, -0.2) is 4.98 Å². The molecule has 3 rings (SSSR count). The lowest BCUT2D eigenvalue weighted by Gasteiger charge is -2.04. The summed E-state index contributed by atoms with van der Waals surface area (Å²) >= 11 is 0. The smallest absolute Gasteiger partial charge is 0.137 e. The molecule has 0 fully saturated rings. The molecule has 21 heavy (non-hydrogen) atoms. The van der Waals surface area contributed by atoms with Crippen molar-refractivity contribution in [3.8, 4) is 23.1 Å². The number of nitrogens with zero attached hydrogens (tertiary/aromatic N) is 3. The molecule has 0 spiro atoms. The van der Waals surface area contributed by atoms with Crippen LogP contribution in [0.25, 0.3) is 16.9 Å². The molecule has 104 valence electrons. The summed E-state index contributed by atoms with van der Waals surface area (Å²) in [5.74, 6) is 0.840. The summed E-state index contributed by atoms with van der Waals surface area (Å²) in [6.45, 7) is 2.61. The fourth-order valence-corrected chi connectivity index (χ4v) is 2.40. The number of aromatic nitrogens is 2. The zero-order valence-electron chi connectivity index (χ0n) is 11.8. The van der Waals surface area contributed by atoms with Crippen LogP contribution in [-0.4, -0.2) is 16.0 Å². The Bertz CT molecular complexity index is 797. The molecule has 0 atom stereocenters. The molecule has 4 nitrogen and oxygen atoms in total. The second-order valence-electron chi connectivity index (χ2n) is 4.63. The lowest BCUT2D eigenvalue weighted by atomic mass is 10.1. The number of hydrogen-bond donors (Lipinski definition) is 0. The Morgan fingerprint density at radius 2 is 2.00 bits per heavy atom. The van der Waals surface area contributed by atoms with Crippen LogP contribution in [0.5, 0.6) is 5.75 Å². The van der Waals surface area contributed by atoms with E-state index < -0.39 is 0 Å². The van der Waals surface area contributed by atoms with Gasteiger partial charge in [-0.2, -0.15) is 5.26 Å². The van der Waals surface area contributed by atoms with Gasteiger partial charge >= 0.3 is 0 Å². The minimum atomic E-state index is 0.327. The quantitative estimate of drug-likeness (QED) is 0.733. The van der Waals surface area contributed by atoms with E-state index in [1.807, 2.05) is 60.0 Å². The Labute approximate surface area is 123 Å². The summed E-state index contributed by atoms with van der Waals surface area (Å²) in [7, 11) is 0. The van der Waals surface area contributed by atoms with Gasteiger partial charge in [0.2, 0.25) is 0 Å². The minimum absolute atomic E-state index is 0.327. The molecule has 0 aliphatic carbocycles. The third kappa shape index (κ3) is 2.46. The van der Waals surface area contributed by atoms with Crippen molar-refractivity contribution in [3.05, 3.63) is 54.4 Å². The third-order valence-corrected chi connectivity index (χ3v) is 3.31. The van der Waals surface area contributed by atoms with Crippen LogP contribution < -0.4 is 4.74 Å². The predicted octanol–water partition coefficient (Wildman–Crippen LogP) is 3.47. The van der Waals surface area contributed by atoms with Crippen molar-refractivity contribution in [2.24, 2.45) is 0 Å². The average molecular weight is 277 g/mol. The van der Waals surface area contributed by atoms with Crippen LogP contribution in [0.1, 0.15) is 12.6 Å². The SMILES string of the molecule is CCOc1ccc(-c2nc3ccccn3c2CC#N)cc1. The highest BCUT2D eigenvalue weighted by molar-refractivity contribution is 5.67. The number of pyridine rings is 1. The highest BCUT2D eigenvalue weighted by atomic mass is 16.5. The normalized spacial score (nSPS) is 10.5. The predicted molar refractivity (Wildman–Crippen MR) is 81.1 cm³/mol. The first kappa shape index (κ1) is 13.2. The maximum Gasteiger partial charge on any atom is 0.137 e. The number of ether oxygens (including phenoxy) is 1. The van der Waals surface area contributed by atoms with Crippen molar-refractivity contribution in [2.45, 2.75) is 13.3 Å². The van der Waals surface area contributed by atoms with Crippen LogP contribution in [0.4, 0.5) is 0 Å². The first-order valence-corrected chi connectivity index (χ1v) is 6.89. The van der Waals surface area contributed by atoms with Gasteiger partial charge in [0.1, 0.15) is 11.4 Å². The lowest BCUT2D eigenvalue weighted by Crippen LogP contribution is -1.93. The van der Waals surface area contributed by atoms with Gasteiger partial charge in [-0.3, -0.25) is 0 Å². The van der Waals surface area contributed by atoms with E-state index in [0.29, 0.717) is 13.0 Å². The molecule has 0 N–H and O–H groups in total. The molecular formula is C17H15N3O. The number of imidazole rings is 1. The van der Waals surface area contributed by atoms with E-state index in [9.17, 15) is 0 Å². The summed E-state index contributed by atoms with van der Waals surface area (Å²) in [5, 5.41) is 9.07. The van der Waals surface area contributed by atoms with Gasteiger partial charge in [0.15, 0.2) is 0 Å². The fourth-order valence-electron chi connectivity index (χ4n) is 2.40. The molecule has 2 heterocycles. The molecule has 0 amide bonds. The number of fused-ring (bicyclic) bond motifs is 1. The standard InChI is InChI=1S/C17H15N3O/c1-2-21-14-8-6-13(7-9-14)17-15(10-11-18)20-12-4-3-5-16(20)19-17/h3-9,12H,2,10H2,1H3. The molecule has 0 aliphatic rings. The first-order chi connectivity index (χ1) is 10.3. The molecule has 3 aromatic rings. The van der Waals surface area contributed by atoms with E-state index in [1.165, 1.54) is 0 Å². The van der Waals surface area contributed by atoms with Crippen LogP contribution in [-0.2, 0) is 6.42 Å². The molecule has 0 bridgehead atoms. The van der Waals surface area contributed by atoms with Gasteiger partial charge in [0, 0.05) is 11.8 Å². The Morgan fingerprint density at radius 3 is 2.71 bits per heavy atom. The highest BCUT2D eigenvalue weighted by Gasteiger charge is 2.13. The number of nitriles is 1. The minimum Gasteiger partial charge on any atom is -0.494 e. The van der Waals surface area contributed by atoms with Crippen LogP contribution >= 0.6 is 0 Å². The largest absolute Gasteiger partial charge is 0.494 e. The summed E-state index contributed by atoms with van der Waals surface area (Å²) in [4.78, 5) is 4.65. The molecule has 0 radical (unpaired) electrons. The number of hydrogen-bond acceptors (Lipinski definition) is 3. The van der Waals surface area contributed by atoms with E-state index >= 15 is 0 Å². The first-order valence-electron chi connectivity index (χ1n) is 6.89. The zero-order valence-corrected chi connectivity index (χ0v) is 11.8. The molecule has 0 aliphatic heterocycles. The lowest BCUT2D eigenvalue weighted by molar-refractivity contribution is 0.340. The van der Waals surface area contributed by atoms with E-state index in [1.54, 1.807) is 0 Å². The monoisotopic (exact) mass is 277 g/mol. The fraction of sp³-hybridized carbons (Fsp3) is 0.176. The van der Waals surface area contributed by atoms with E-state index in [2.05, 4.69) is 11.1 Å². The Balaban J connectivity index is 2.10. The molecule has 1 aromatic carbocycles. The average Bonchev–Trinajstić information content (AvgIpc) is 2.88. The van der Waals surface area contributed by atoms with Gasteiger partial charge in [-0.1, -0.05) is 6.07 Å². The molecule has 0 unspecified atom stereocenters. The van der Waals surface area contributed by atoms with Gasteiger partial charge in [0.25, 0.3) is 0 Å². The number of benzene rings is 1. The van der Waals surface area contributed by atoms with Crippen LogP contribution in [0.2, 0.25) is 0 Å². The van der Waals surface area contributed by atoms with Crippen LogP contribution in [0.3, 0.4) is 0 Å². The number of rotatable bonds is 4. The Hall–Kier alpha value is -2.80. The van der Waals surface area contributed by atoms with Gasteiger partial charge < -0.3 is 9.14 Å². The second kappa shape index (κ2) is 5.68. The summed E-state index contributed by atoms with van der Waals surface area (Å²) in [6, 6.07) is 15.9. The van der Waals surface area contributed by atoms with Crippen LogP contribution in [0.15, 0.2) is 48.7 Å². The van der Waals surface area contributed by atoms with Crippen molar-refractivity contribution in [2.75, 3.05) is 6.61 Å². The van der Waals surface area contributed by atoms with Crippen molar-refractivity contribution in [1.82, 2.24) is 9.38 Å². The summed E-state index contributed by atoms with van der Waals surface area (Å²) < 4.78 is 7.42. The summed E-state index contributed by atoms with van der Waals surface area (Å²) in [6.07, 6.45) is 2.26.